The van der Waals surface area contributed by atoms with Gasteiger partial charge in [0.05, 0.1) is 8.49 Å². The summed E-state index contributed by atoms with van der Waals surface area (Å²) in [5.74, 6) is 0. The molecule has 0 aromatic heterocycles. The van der Waals surface area contributed by atoms with Crippen LogP contribution < -0.4 is 0 Å². The normalized spacial score (nSPS) is 11.3. The number of benzene rings is 1. The number of nitro benzene ring substituents is 1. The molecule has 6 nitrogen and oxygen atoms in total. The lowest BCUT2D eigenvalue weighted by Gasteiger charge is -1.98. The molecule has 1 aromatic rings. The van der Waals surface area contributed by atoms with Crippen LogP contribution in [0.15, 0.2) is 23.1 Å². The lowest BCUT2D eigenvalue weighted by molar-refractivity contribution is -0.386. The standard InChI is InChI=1S/C6H4INO5S/c7-5-2-1-4(14(11,12)13)3-6(5)8(9)10/h1-3H,(H,11,12,13). The van der Waals surface area contributed by atoms with Crippen molar-refractivity contribution in [3.8, 4) is 0 Å². The highest BCUT2D eigenvalue weighted by Gasteiger charge is 2.17. The van der Waals surface area contributed by atoms with Crippen LogP contribution in [0.25, 0.3) is 0 Å². The summed E-state index contributed by atoms with van der Waals surface area (Å²) in [6, 6.07) is 3.17. The van der Waals surface area contributed by atoms with E-state index < -0.39 is 19.9 Å². The first kappa shape index (κ1) is 11.3. The topological polar surface area (TPSA) is 97.5 Å². The van der Waals surface area contributed by atoms with Crippen molar-refractivity contribution in [2.75, 3.05) is 0 Å². The Morgan fingerprint density at radius 3 is 2.43 bits per heavy atom. The quantitative estimate of drug-likeness (QED) is 0.383. The van der Waals surface area contributed by atoms with Gasteiger partial charge in [0.15, 0.2) is 0 Å². The van der Waals surface area contributed by atoms with E-state index in [-0.39, 0.29) is 5.69 Å². The van der Waals surface area contributed by atoms with Gasteiger partial charge < -0.3 is 0 Å². The van der Waals surface area contributed by atoms with E-state index >= 15 is 0 Å². The van der Waals surface area contributed by atoms with Crippen LogP contribution in [0, 0.1) is 13.7 Å². The lowest BCUT2D eigenvalue weighted by Crippen LogP contribution is -2.00. The Balaban J connectivity index is 3.42. The average molecular weight is 329 g/mol. The number of nitrogens with zero attached hydrogens (tertiary/aromatic N) is 1. The van der Waals surface area contributed by atoms with Gasteiger partial charge in [-0.2, -0.15) is 8.42 Å². The molecule has 1 N–H and O–H groups in total. The van der Waals surface area contributed by atoms with E-state index in [4.69, 9.17) is 4.55 Å². The summed E-state index contributed by atoms with van der Waals surface area (Å²) < 4.78 is 30.2. The number of nitro groups is 1. The SMILES string of the molecule is O=[N+]([O-])c1cc(S(=O)(=O)O)ccc1I. The molecule has 14 heavy (non-hydrogen) atoms. The molecular weight excluding hydrogens is 325 g/mol. The highest BCUT2D eigenvalue weighted by Crippen LogP contribution is 2.23. The second kappa shape index (κ2) is 3.79. The molecule has 1 aromatic carbocycles. The first-order valence-electron chi connectivity index (χ1n) is 3.24. The minimum absolute atomic E-state index is 0.306. The van der Waals surface area contributed by atoms with Gasteiger partial charge in [-0.05, 0) is 34.7 Å². The zero-order valence-electron chi connectivity index (χ0n) is 6.55. The van der Waals surface area contributed by atoms with Crippen LogP contribution in [-0.2, 0) is 10.1 Å². The first-order chi connectivity index (χ1) is 6.32. The molecular formula is C6H4INO5S. The minimum atomic E-state index is -4.38. The predicted molar refractivity (Wildman–Crippen MR) is 55.6 cm³/mol. The predicted octanol–water partition coefficient (Wildman–Crippen LogP) is 1.45. The Morgan fingerprint density at radius 2 is 2.00 bits per heavy atom. The largest absolute Gasteiger partial charge is 0.294 e. The van der Waals surface area contributed by atoms with Crippen molar-refractivity contribution >= 4 is 38.4 Å². The molecule has 0 saturated heterocycles. The Kier molecular flexibility index (Phi) is 3.07. The van der Waals surface area contributed by atoms with Gasteiger partial charge in [0.25, 0.3) is 15.8 Å². The van der Waals surface area contributed by atoms with Crippen LogP contribution in [0.1, 0.15) is 0 Å². The summed E-state index contributed by atoms with van der Waals surface area (Å²) >= 11 is 1.70. The van der Waals surface area contributed by atoms with Gasteiger partial charge in [0, 0.05) is 6.07 Å². The van der Waals surface area contributed by atoms with Gasteiger partial charge in [-0.1, -0.05) is 0 Å². The molecule has 0 heterocycles. The van der Waals surface area contributed by atoms with E-state index in [9.17, 15) is 18.5 Å². The van der Waals surface area contributed by atoms with E-state index in [1.807, 2.05) is 0 Å². The molecule has 0 spiro atoms. The van der Waals surface area contributed by atoms with Gasteiger partial charge in [-0.3, -0.25) is 14.7 Å². The summed E-state index contributed by atoms with van der Waals surface area (Å²) in [4.78, 5) is 9.23. The Bertz CT molecular complexity index is 483. The highest BCUT2D eigenvalue weighted by atomic mass is 127. The van der Waals surface area contributed by atoms with E-state index in [0.29, 0.717) is 3.57 Å². The maximum atomic E-state index is 10.6. The van der Waals surface area contributed by atoms with Gasteiger partial charge in [0.2, 0.25) is 0 Å². The molecule has 0 radical (unpaired) electrons. The number of rotatable bonds is 2. The molecule has 0 fully saturated rings. The fourth-order valence-electron chi connectivity index (χ4n) is 0.793. The second-order valence-electron chi connectivity index (χ2n) is 2.35. The number of hydrogen-bond donors (Lipinski definition) is 1. The van der Waals surface area contributed by atoms with Crippen molar-refractivity contribution in [3.63, 3.8) is 0 Å². The van der Waals surface area contributed by atoms with Crippen molar-refractivity contribution in [1.29, 1.82) is 0 Å². The maximum absolute atomic E-state index is 10.6. The zero-order chi connectivity index (χ0) is 10.9. The van der Waals surface area contributed by atoms with Crippen LogP contribution in [-0.4, -0.2) is 17.9 Å². The summed E-state index contributed by atoms with van der Waals surface area (Å²) in [5, 5.41) is 10.4. The van der Waals surface area contributed by atoms with Gasteiger partial charge in [0.1, 0.15) is 4.90 Å². The number of hydrogen-bond acceptors (Lipinski definition) is 4. The van der Waals surface area contributed by atoms with Crippen molar-refractivity contribution < 1.29 is 17.9 Å². The van der Waals surface area contributed by atoms with Crippen LogP contribution in [0.5, 0.6) is 0 Å². The van der Waals surface area contributed by atoms with Crippen molar-refractivity contribution in [1.82, 2.24) is 0 Å². The minimum Gasteiger partial charge on any atom is -0.282 e. The van der Waals surface area contributed by atoms with Crippen LogP contribution in [0.2, 0.25) is 0 Å². The fraction of sp³-hybridized carbons (Fsp3) is 0. The van der Waals surface area contributed by atoms with E-state index in [0.717, 1.165) is 12.1 Å². The summed E-state index contributed by atoms with van der Waals surface area (Å²) in [6.45, 7) is 0. The molecule has 0 saturated carbocycles. The zero-order valence-corrected chi connectivity index (χ0v) is 9.52. The molecule has 0 unspecified atom stereocenters. The van der Waals surface area contributed by atoms with Gasteiger partial charge in [-0.25, -0.2) is 0 Å². The van der Waals surface area contributed by atoms with E-state index in [1.165, 1.54) is 6.07 Å². The van der Waals surface area contributed by atoms with Crippen molar-refractivity contribution in [2.45, 2.75) is 4.90 Å². The Hall–Kier alpha value is -0.740. The molecule has 0 atom stereocenters. The Labute approximate surface area is 93.0 Å². The van der Waals surface area contributed by atoms with Crippen molar-refractivity contribution in [2.24, 2.45) is 0 Å². The molecule has 0 aliphatic carbocycles. The molecule has 0 bridgehead atoms. The Morgan fingerprint density at radius 1 is 1.43 bits per heavy atom. The van der Waals surface area contributed by atoms with Crippen molar-refractivity contribution in [3.05, 3.63) is 31.9 Å². The molecule has 0 amide bonds. The summed E-state index contributed by atoms with van der Waals surface area (Å²) in [6.07, 6.45) is 0. The van der Waals surface area contributed by atoms with Crippen LogP contribution >= 0.6 is 22.6 Å². The molecule has 1 rings (SSSR count). The molecule has 0 aliphatic heterocycles. The smallest absolute Gasteiger partial charge is 0.282 e. The third kappa shape index (κ3) is 2.39. The number of halogens is 1. The van der Waals surface area contributed by atoms with Crippen LogP contribution in [0.4, 0.5) is 5.69 Å². The molecule has 0 aliphatic rings. The third-order valence-electron chi connectivity index (χ3n) is 1.41. The highest BCUT2D eigenvalue weighted by molar-refractivity contribution is 14.1. The first-order valence-corrected chi connectivity index (χ1v) is 5.75. The van der Waals surface area contributed by atoms with E-state index in [1.54, 1.807) is 22.6 Å². The van der Waals surface area contributed by atoms with E-state index in [2.05, 4.69) is 0 Å². The summed E-state index contributed by atoms with van der Waals surface area (Å²) in [5.41, 5.74) is -0.347. The lowest BCUT2D eigenvalue weighted by atomic mass is 10.3. The fourth-order valence-corrected chi connectivity index (χ4v) is 1.83. The molecule has 8 heteroatoms. The van der Waals surface area contributed by atoms with Crippen LogP contribution in [0.3, 0.4) is 0 Å². The van der Waals surface area contributed by atoms with Gasteiger partial charge >= 0.3 is 0 Å². The monoisotopic (exact) mass is 329 g/mol. The molecule has 76 valence electrons. The van der Waals surface area contributed by atoms with Gasteiger partial charge in [-0.15, -0.1) is 0 Å². The second-order valence-corrected chi connectivity index (χ2v) is 4.93. The average Bonchev–Trinajstić information content (AvgIpc) is 2.02. The maximum Gasteiger partial charge on any atom is 0.294 e. The summed E-state index contributed by atoms with van der Waals surface area (Å²) in [7, 11) is -4.38. The third-order valence-corrected chi connectivity index (χ3v) is 3.17.